The molecule has 6 nitrogen and oxygen atoms in total. The fourth-order valence-corrected chi connectivity index (χ4v) is 2.45. The van der Waals surface area contributed by atoms with Crippen LogP contribution < -0.4 is 4.74 Å². The quantitative estimate of drug-likeness (QED) is 0.723. The van der Waals surface area contributed by atoms with Gasteiger partial charge in [0.25, 0.3) is 5.91 Å². The van der Waals surface area contributed by atoms with E-state index in [1.54, 1.807) is 55.6 Å². The third-order valence-corrected chi connectivity index (χ3v) is 3.84. The zero-order valence-electron chi connectivity index (χ0n) is 14.6. The van der Waals surface area contributed by atoms with Crippen molar-refractivity contribution in [3.8, 4) is 5.75 Å². The molecule has 0 aliphatic rings. The number of aromatic nitrogens is 1. The number of carbonyl (C=O) groups excluding carboxylic acids is 2. The highest BCUT2D eigenvalue weighted by Crippen LogP contribution is 2.16. The Morgan fingerprint density at radius 2 is 1.72 bits per heavy atom. The maximum absolute atomic E-state index is 12.9. The number of esters is 1. The van der Waals surface area contributed by atoms with Crippen LogP contribution in [-0.4, -0.2) is 42.5 Å². The zero-order chi connectivity index (χ0) is 18.2. The lowest BCUT2D eigenvalue weighted by Gasteiger charge is -2.25. The van der Waals surface area contributed by atoms with Crippen LogP contribution in [0.1, 0.15) is 22.8 Å². The topological polar surface area (TPSA) is 68.7 Å². The van der Waals surface area contributed by atoms with Crippen LogP contribution in [0.15, 0.2) is 48.8 Å². The summed E-state index contributed by atoms with van der Waals surface area (Å²) in [6, 6.07) is 10.6. The summed E-state index contributed by atoms with van der Waals surface area (Å²) in [6.45, 7) is 2.39. The van der Waals surface area contributed by atoms with Gasteiger partial charge >= 0.3 is 5.97 Å². The third kappa shape index (κ3) is 5.04. The highest BCUT2D eigenvalue weighted by Gasteiger charge is 2.23. The van der Waals surface area contributed by atoms with E-state index in [1.807, 2.05) is 12.1 Å². The Labute approximate surface area is 147 Å². The number of ether oxygens (including phenoxy) is 2. The second kappa shape index (κ2) is 8.82. The minimum absolute atomic E-state index is 0.157. The maximum Gasteiger partial charge on any atom is 0.310 e. The van der Waals surface area contributed by atoms with Crippen LogP contribution in [0.25, 0.3) is 0 Å². The summed E-state index contributed by atoms with van der Waals surface area (Å²) in [6.07, 6.45) is 3.35. The van der Waals surface area contributed by atoms with Crippen LogP contribution in [0.2, 0.25) is 0 Å². The van der Waals surface area contributed by atoms with Gasteiger partial charge in [0, 0.05) is 31.0 Å². The molecule has 0 radical (unpaired) electrons. The van der Waals surface area contributed by atoms with Crippen molar-refractivity contribution in [1.29, 1.82) is 0 Å². The standard InChI is InChI=1S/C19H22N2O4/c1-14(19(23)25-3)12-21(13-15-8-10-20-11-9-15)18(22)16-4-6-17(24-2)7-5-16/h4-11,14H,12-13H2,1-3H3. The van der Waals surface area contributed by atoms with Crippen molar-refractivity contribution in [2.75, 3.05) is 20.8 Å². The first kappa shape index (κ1) is 18.4. The SMILES string of the molecule is COC(=O)C(C)CN(Cc1ccncc1)C(=O)c1ccc(OC)cc1. The van der Waals surface area contributed by atoms with Crippen molar-refractivity contribution >= 4 is 11.9 Å². The Balaban J connectivity index is 2.22. The van der Waals surface area contributed by atoms with E-state index in [2.05, 4.69) is 4.98 Å². The van der Waals surface area contributed by atoms with E-state index in [0.717, 1.165) is 5.56 Å². The van der Waals surface area contributed by atoms with Gasteiger partial charge in [-0.05, 0) is 42.0 Å². The van der Waals surface area contributed by atoms with Gasteiger partial charge in [-0.2, -0.15) is 0 Å². The van der Waals surface area contributed by atoms with E-state index in [-0.39, 0.29) is 18.4 Å². The number of rotatable bonds is 7. The van der Waals surface area contributed by atoms with E-state index in [0.29, 0.717) is 17.9 Å². The van der Waals surface area contributed by atoms with Crippen LogP contribution in [0.3, 0.4) is 0 Å². The molecule has 2 rings (SSSR count). The minimum atomic E-state index is -0.422. The number of nitrogens with zero attached hydrogens (tertiary/aromatic N) is 2. The Bertz CT molecular complexity index is 701. The van der Waals surface area contributed by atoms with Gasteiger partial charge in [-0.15, -0.1) is 0 Å². The van der Waals surface area contributed by atoms with Gasteiger partial charge in [0.05, 0.1) is 20.1 Å². The second-order valence-corrected chi connectivity index (χ2v) is 5.69. The van der Waals surface area contributed by atoms with Gasteiger partial charge in [-0.25, -0.2) is 0 Å². The molecule has 2 aromatic rings. The molecule has 0 aliphatic heterocycles. The molecule has 1 unspecified atom stereocenters. The molecule has 132 valence electrons. The number of hydrogen-bond donors (Lipinski definition) is 0. The van der Waals surface area contributed by atoms with Gasteiger partial charge in [-0.1, -0.05) is 6.92 Å². The molecule has 0 spiro atoms. The summed E-state index contributed by atoms with van der Waals surface area (Å²) in [5.41, 5.74) is 1.47. The average Bonchev–Trinajstić information content (AvgIpc) is 2.67. The number of carbonyl (C=O) groups is 2. The molecule has 1 aromatic heterocycles. The van der Waals surface area contributed by atoms with Crippen molar-refractivity contribution in [3.63, 3.8) is 0 Å². The summed E-state index contributed by atoms with van der Waals surface area (Å²) >= 11 is 0. The van der Waals surface area contributed by atoms with Crippen molar-refractivity contribution in [2.45, 2.75) is 13.5 Å². The number of methoxy groups -OCH3 is 2. The lowest BCUT2D eigenvalue weighted by Crippen LogP contribution is -2.36. The van der Waals surface area contributed by atoms with E-state index >= 15 is 0 Å². The van der Waals surface area contributed by atoms with Gasteiger partial charge in [0.1, 0.15) is 5.75 Å². The number of pyridine rings is 1. The summed E-state index contributed by atoms with van der Waals surface area (Å²) in [5, 5.41) is 0. The van der Waals surface area contributed by atoms with Crippen LogP contribution in [0.4, 0.5) is 0 Å². The molecule has 1 aromatic carbocycles. The first-order chi connectivity index (χ1) is 12.0. The molecule has 1 heterocycles. The van der Waals surface area contributed by atoms with Gasteiger partial charge in [0.2, 0.25) is 0 Å². The molecule has 1 amide bonds. The normalized spacial score (nSPS) is 11.5. The molecule has 0 saturated heterocycles. The van der Waals surface area contributed by atoms with Crippen molar-refractivity contribution in [3.05, 3.63) is 59.9 Å². The van der Waals surface area contributed by atoms with Gasteiger partial charge in [0.15, 0.2) is 0 Å². The van der Waals surface area contributed by atoms with Crippen LogP contribution in [-0.2, 0) is 16.1 Å². The van der Waals surface area contributed by atoms with E-state index in [1.165, 1.54) is 7.11 Å². The number of amides is 1. The van der Waals surface area contributed by atoms with Gasteiger partial charge in [-0.3, -0.25) is 14.6 Å². The smallest absolute Gasteiger partial charge is 0.310 e. The lowest BCUT2D eigenvalue weighted by atomic mass is 10.1. The Kier molecular flexibility index (Phi) is 6.51. The monoisotopic (exact) mass is 342 g/mol. The van der Waals surface area contributed by atoms with Gasteiger partial charge < -0.3 is 14.4 Å². The third-order valence-electron chi connectivity index (χ3n) is 3.84. The largest absolute Gasteiger partial charge is 0.497 e. The molecule has 1 atom stereocenters. The first-order valence-electron chi connectivity index (χ1n) is 7.95. The number of benzene rings is 1. The fraction of sp³-hybridized carbons (Fsp3) is 0.316. The highest BCUT2D eigenvalue weighted by molar-refractivity contribution is 5.94. The van der Waals surface area contributed by atoms with Crippen molar-refractivity contribution in [2.24, 2.45) is 5.92 Å². The molecule has 6 heteroatoms. The molecule has 0 aliphatic carbocycles. The predicted molar refractivity (Wildman–Crippen MR) is 93.2 cm³/mol. The predicted octanol–water partition coefficient (Wildman–Crippen LogP) is 2.54. The molecular weight excluding hydrogens is 320 g/mol. The van der Waals surface area contributed by atoms with Crippen LogP contribution >= 0.6 is 0 Å². The van der Waals surface area contributed by atoms with E-state index in [9.17, 15) is 9.59 Å². The summed E-state index contributed by atoms with van der Waals surface area (Å²) in [4.78, 5) is 30.3. The molecule has 0 N–H and O–H groups in total. The Hall–Kier alpha value is -2.89. The van der Waals surface area contributed by atoms with Crippen molar-refractivity contribution < 1.29 is 19.1 Å². The average molecular weight is 342 g/mol. The zero-order valence-corrected chi connectivity index (χ0v) is 14.6. The maximum atomic E-state index is 12.9. The Morgan fingerprint density at radius 3 is 2.28 bits per heavy atom. The first-order valence-corrected chi connectivity index (χ1v) is 7.95. The van der Waals surface area contributed by atoms with E-state index in [4.69, 9.17) is 9.47 Å². The lowest BCUT2D eigenvalue weighted by molar-refractivity contribution is -0.145. The van der Waals surface area contributed by atoms with E-state index < -0.39 is 5.92 Å². The van der Waals surface area contributed by atoms with Crippen LogP contribution in [0.5, 0.6) is 5.75 Å². The summed E-state index contributed by atoms with van der Waals surface area (Å²) in [7, 11) is 2.92. The summed E-state index contributed by atoms with van der Waals surface area (Å²) < 4.78 is 9.90. The molecule has 25 heavy (non-hydrogen) atoms. The fourth-order valence-electron chi connectivity index (χ4n) is 2.45. The van der Waals surface area contributed by atoms with Crippen molar-refractivity contribution in [1.82, 2.24) is 9.88 Å². The second-order valence-electron chi connectivity index (χ2n) is 5.69. The molecule has 0 bridgehead atoms. The summed E-state index contributed by atoms with van der Waals surface area (Å²) in [5.74, 6) is -0.244. The van der Waals surface area contributed by atoms with Crippen LogP contribution in [0, 0.1) is 5.92 Å². The minimum Gasteiger partial charge on any atom is -0.497 e. The molecule has 0 saturated carbocycles. The number of hydrogen-bond acceptors (Lipinski definition) is 5. The molecular formula is C19H22N2O4. The molecule has 0 fully saturated rings. The Morgan fingerprint density at radius 1 is 1.08 bits per heavy atom. The highest BCUT2D eigenvalue weighted by atomic mass is 16.5.